The van der Waals surface area contributed by atoms with Crippen LogP contribution >= 0.6 is 11.6 Å². The molecular formula is C26H28ClFN4O5. The number of fused-ring (bicyclic) bond motifs is 1. The molecule has 1 atom stereocenters. The van der Waals surface area contributed by atoms with Crippen LogP contribution in [0.25, 0.3) is 0 Å². The lowest BCUT2D eigenvalue weighted by Gasteiger charge is -2.33. The van der Waals surface area contributed by atoms with E-state index in [1.165, 1.54) is 18.3 Å². The predicted molar refractivity (Wildman–Crippen MR) is 136 cm³/mol. The van der Waals surface area contributed by atoms with E-state index >= 15 is 0 Å². The van der Waals surface area contributed by atoms with Crippen molar-refractivity contribution >= 4 is 23.1 Å². The molecule has 1 unspecified atom stereocenters. The number of halogens is 2. The molecule has 11 heteroatoms. The summed E-state index contributed by atoms with van der Waals surface area (Å²) in [6, 6.07) is 12.7. The number of aromatic nitrogens is 2. The van der Waals surface area contributed by atoms with Crippen molar-refractivity contribution in [2.24, 2.45) is 5.92 Å². The Morgan fingerprint density at radius 3 is 2.57 bits per heavy atom. The second-order valence-corrected chi connectivity index (χ2v) is 9.72. The number of nitro groups is 1. The van der Waals surface area contributed by atoms with Gasteiger partial charge in [-0.15, -0.1) is 0 Å². The fourth-order valence-corrected chi connectivity index (χ4v) is 4.84. The Balaban J connectivity index is 1.03. The van der Waals surface area contributed by atoms with Crippen molar-refractivity contribution in [2.75, 3.05) is 31.2 Å². The van der Waals surface area contributed by atoms with Crippen molar-refractivity contribution < 1.29 is 23.5 Å². The fraction of sp³-hybridized carbons (Fsp3) is 0.423. The van der Waals surface area contributed by atoms with Crippen molar-refractivity contribution in [1.82, 2.24) is 9.55 Å². The molecule has 1 aromatic heterocycles. The van der Waals surface area contributed by atoms with E-state index in [2.05, 4.69) is 22.0 Å². The molecule has 0 N–H and O–H groups in total. The molecule has 3 heterocycles. The molecule has 1 saturated heterocycles. The molecule has 9 nitrogen and oxygen atoms in total. The number of aryl methyl sites for hydroxylation is 1. The summed E-state index contributed by atoms with van der Waals surface area (Å²) >= 11 is 5.81. The van der Waals surface area contributed by atoms with Gasteiger partial charge in [0, 0.05) is 42.8 Å². The van der Waals surface area contributed by atoms with Crippen molar-refractivity contribution in [3.05, 3.63) is 69.6 Å². The first-order valence-electron chi connectivity index (χ1n) is 12.4. The largest absolute Gasteiger partial charge is 0.494 e. The van der Waals surface area contributed by atoms with Crippen LogP contribution in [-0.2, 0) is 6.54 Å². The molecule has 5 rings (SSSR count). The number of imidazole rings is 1. The zero-order chi connectivity index (χ0) is 25.8. The van der Waals surface area contributed by atoms with Crippen LogP contribution in [0.3, 0.4) is 0 Å². The molecule has 0 amide bonds. The smallest absolute Gasteiger partial charge is 0.414 e. The van der Waals surface area contributed by atoms with Crippen LogP contribution in [0.15, 0.2) is 48.7 Å². The van der Waals surface area contributed by atoms with Crippen molar-refractivity contribution in [3.63, 3.8) is 0 Å². The molecule has 0 bridgehead atoms. The molecule has 1 fully saturated rings. The highest BCUT2D eigenvalue weighted by molar-refractivity contribution is 6.30. The summed E-state index contributed by atoms with van der Waals surface area (Å²) in [6.07, 6.45) is 4.99. The van der Waals surface area contributed by atoms with Crippen LogP contribution in [0.4, 0.5) is 15.9 Å². The van der Waals surface area contributed by atoms with Gasteiger partial charge < -0.3 is 29.2 Å². The highest BCUT2D eigenvalue weighted by atomic mass is 35.5. The van der Waals surface area contributed by atoms with Crippen molar-refractivity contribution in [1.29, 1.82) is 0 Å². The van der Waals surface area contributed by atoms with Gasteiger partial charge >= 0.3 is 11.8 Å². The van der Waals surface area contributed by atoms with Gasteiger partial charge in [-0.3, -0.25) is 4.57 Å². The van der Waals surface area contributed by atoms with Gasteiger partial charge in [-0.1, -0.05) is 11.6 Å². The molecule has 2 aromatic carbocycles. The van der Waals surface area contributed by atoms with Gasteiger partial charge in [-0.05, 0) is 66.5 Å². The number of nitrogens with zero attached hydrogens (tertiary/aromatic N) is 4. The maximum atomic E-state index is 13.3. The molecule has 2 aliphatic rings. The Hall–Kier alpha value is -3.53. The second-order valence-electron chi connectivity index (χ2n) is 9.31. The van der Waals surface area contributed by atoms with Crippen LogP contribution in [0.1, 0.15) is 25.7 Å². The van der Waals surface area contributed by atoms with Gasteiger partial charge in [0.2, 0.25) is 0 Å². The Kier molecular flexibility index (Phi) is 7.64. The van der Waals surface area contributed by atoms with E-state index in [-0.39, 0.29) is 23.0 Å². The minimum Gasteiger partial charge on any atom is -0.494 e. The van der Waals surface area contributed by atoms with Crippen LogP contribution in [-0.4, -0.2) is 46.9 Å². The van der Waals surface area contributed by atoms with Crippen LogP contribution < -0.4 is 19.1 Å². The third kappa shape index (κ3) is 6.25. The number of piperidine rings is 1. The lowest BCUT2D eigenvalue weighted by Crippen LogP contribution is -2.34. The molecule has 2 aliphatic heterocycles. The summed E-state index contributed by atoms with van der Waals surface area (Å²) in [6.45, 7) is 3.48. The average Bonchev–Trinajstić information content (AvgIpc) is 3.34. The molecule has 0 radical (unpaired) electrons. The Morgan fingerprint density at radius 1 is 1.08 bits per heavy atom. The van der Waals surface area contributed by atoms with E-state index in [9.17, 15) is 14.5 Å². The van der Waals surface area contributed by atoms with Crippen molar-refractivity contribution in [2.45, 2.75) is 38.3 Å². The van der Waals surface area contributed by atoms with Gasteiger partial charge in [-0.2, -0.15) is 0 Å². The van der Waals surface area contributed by atoms with E-state index in [0.717, 1.165) is 43.8 Å². The average molecular weight is 531 g/mol. The SMILES string of the molecule is O=[N+]([O-])c1cn2c(n1)OC(COc1ccc(N3CCC(CCOc4ccc(F)c(Cl)c4)CC3)cc1)CC2. The first kappa shape index (κ1) is 25.1. The number of hydrogen-bond donors (Lipinski definition) is 0. The monoisotopic (exact) mass is 530 g/mol. The Morgan fingerprint density at radius 2 is 1.84 bits per heavy atom. The fourth-order valence-electron chi connectivity index (χ4n) is 4.67. The lowest BCUT2D eigenvalue weighted by molar-refractivity contribution is -0.389. The molecule has 196 valence electrons. The summed E-state index contributed by atoms with van der Waals surface area (Å²) in [5.41, 5.74) is 1.16. The predicted octanol–water partition coefficient (Wildman–Crippen LogP) is 5.50. The zero-order valence-corrected chi connectivity index (χ0v) is 21.0. The molecule has 0 saturated carbocycles. The topological polar surface area (TPSA) is 91.9 Å². The number of hydrogen-bond acceptors (Lipinski definition) is 7. The molecule has 0 aliphatic carbocycles. The van der Waals surface area contributed by atoms with Gasteiger partial charge in [-0.25, -0.2) is 4.39 Å². The highest BCUT2D eigenvalue weighted by Gasteiger charge is 2.28. The third-order valence-corrected chi connectivity index (χ3v) is 7.11. The maximum Gasteiger partial charge on any atom is 0.414 e. The van der Waals surface area contributed by atoms with E-state index in [1.54, 1.807) is 10.6 Å². The summed E-state index contributed by atoms with van der Waals surface area (Å²) in [5, 5.41) is 11.0. The van der Waals surface area contributed by atoms with E-state index < -0.39 is 10.7 Å². The van der Waals surface area contributed by atoms with Crippen molar-refractivity contribution in [3.8, 4) is 17.5 Å². The summed E-state index contributed by atoms with van der Waals surface area (Å²) in [4.78, 5) is 16.7. The summed E-state index contributed by atoms with van der Waals surface area (Å²) in [5.74, 6) is 1.28. The van der Waals surface area contributed by atoms with E-state index in [0.29, 0.717) is 37.8 Å². The molecular weight excluding hydrogens is 503 g/mol. The minimum atomic E-state index is -0.522. The van der Waals surface area contributed by atoms with Crippen LogP contribution in [0.2, 0.25) is 5.02 Å². The summed E-state index contributed by atoms with van der Waals surface area (Å²) in [7, 11) is 0. The first-order valence-corrected chi connectivity index (χ1v) is 12.8. The number of ether oxygens (including phenoxy) is 3. The highest BCUT2D eigenvalue weighted by Crippen LogP contribution is 2.29. The number of rotatable bonds is 9. The van der Waals surface area contributed by atoms with Gasteiger partial charge in [0.15, 0.2) is 0 Å². The van der Waals surface area contributed by atoms with E-state index in [4.69, 9.17) is 25.8 Å². The third-order valence-electron chi connectivity index (χ3n) is 6.82. The van der Waals surface area contributed by atoms with E-state index in [1.807, 2.05) is 12.1 Å². The molecule has 37 heavy (non-hydrogen) atoms. The zero-order valence-electron chi connectivity index (χ0n) is 20.2. The Labute approximate surface area is 218 Å². The van der Waals surface area contributed by atoms with Gasteiger partial charge in [0.25, 0.3) is 0 Å². The molecule has 3 aromatic rings. The standard InChI is InChI=1S/C26H28ClFN4O5/c27-23-15-21(5-6-24(23)28)35-14-10-18-7-11-30(12-8-18)19-1-3-20(4-2-19)36-17-22-9-13-31-16-25(32(33)34)29-26(31)37-22/h1-6,15-16,18,22H,7-14,17H2. The first-order chi connectivity index (χ1) is 17.9. The minimum absolute atomic E-state index is 0.0748. The summed E-state index contributed by atoms with van der Waals surface area (Å²) < 4.78 is 32.3. The molecule has 0 spiro atoms. The van der Waals surface area contributed by atoms with Crippen LogP contribution in [0.5, 0.6) is 17.5 Å². The lowest BCUT2D eigenvalue weighted by atomic mass is 9.93. The quantitative estimate of drug-likeness (QED) is 0.266. The van der Waals surface area contributed by atoms with Gasteiger partial charge in [0.1, 0.15) is 36.2 Å². The van der Waals surface area contributed by atoms with Crippen LogP contribution in [0, 0.1) is 21.8 Å². The Bertz CT molecular complexity index is 1230. The number of anilines is 1. The number of benzene rings is 2. The second kappa shape index (κ2) is 11.2. The normalized spacial score (nSPS) is 17.7. The maximum absolute atomic E-state index is 13.3. The van der Waals surface area contributed by atoms with Gasteiger partial charge in [0.05, 0.1) is 11.6 Å².